The normalized spacial score (nSPS) is 33.3. The van der Waals surface area contributed by atoms with Crippen molar-refractivity contribution in [1.82, 2.24) is 4.90 Å². The van der Waals surface area contributed by atoms with Crippen molar-refractivity contribution in [3.8, 4) is 11.5 Å². The van der Waals surface area contributed by atoms with E-state index >= 15 is 0 Å². The average molecular weight is 338 g/mol. The number of ether oxygens (including phenoxy) is 2. The largest absolute Gasteiger partial charge is 0.493 e. The summed E-state index contributed by atoms with van der Waals surface area (Å²) in [5, 5.41) is 0. The number of rotatable bonds is 3. The van der Waals surface area contributed by atoms with Gasteiger partial charge in [-0.05, 0) is 41.5 Å². The number of benzene rings is 1. The summed E-state index contributed by atoms with van der Waals surface area (Å²) >= 11 is 0. The number of methoxy groups -OCH3 is 2. The van der Waals surface area contributed by atoms with Crippen molar-refractivity contribution < 1.29 is 23.9 Å². The summed E-state index contributed by atoms with van der Waals surface area (Å²) in [6.07, 6.45) is -1.84. The third kappa shape index (κ3) is 3.30. The third-order valence-electron chi connectivity index (χ3n) is 4.64. The van der Waals surface area contributed by atoms with Crippen LogP contribution in [-0.2, 0) is 11.2 Å². The van der Waals surface area contributed by atoms with E-state index in [9.17, 15) is 4.79 Å². The van der Waals surface area contributed by atoms with Crippen LogP contribution in [0.1, 0.15) is 60.4 Å². The third-order valence-corrected chi connectivity index (χ3v) is 4.64. The molecule has 1 saturated heterocycles. The highest BCUT2D eigenvalue weighted by atomic mass is 16.5. The number of Topliss-reactive ketones (excluding diaryl/α,β-unsaturated/α-hetero) is 1. The predicted molar refractivity (Wildman–Crippen MR) is 94.8 cm³/mol. The fourth-order valence-electron chi connectivity index (χ4n) is 3.58. The summed E-state index contributed by atoms with van der Waals surface area (Å²) in [4.78, 5) is 14.4. The molecule has 2 aliphatic rings. The number of nitrogens with zero attached hydrogens (tertiary/aromatic N) is 1. The van der Waals surface area contributed by atoms with Crippen molar-refractivity contribution in [3.63, 3.8) is 0 Å². The van der Waals surface area contributed by atoms with Crippen LogP contribution in [-0.4, -0.2) is 37.9 Å². The first-order chi connectivity index (χ1) is 14.0. The van der Waals surface area contributed by atoms with Crippen LogP contribution in [0.25, 0.3) is 0 Å². The van der Waals surface area contributed by atoms with Crippen LogP contribution in [0, 0.1) is 11.3 Å². The number of piperidine rings is 1. The number of hydrogen-bond donors (Lipinski definition) is 0. The molecule has 1 aromatic carbocycles. The van der Waals surface area contributed by atoms with E-state index in [1.54, 1.807) is 0 Å². The Morgan fingerprint density at radius 3 is 2.75 bits per heavy atom. The Bertz CT molecular complexity index is 877. The molecule has 0 bridgehead atoms. The van der Waals surface area contributed by atoms with E-state index < -0.39 is 31.9 Å². The number of fused-ring (bicyclic) bond motifs is 3. The summed E-state index contributed by atoms with van der Waals surface area (Å²) in [7, 11) is -1.45. The van der Waals surface area contributed by atoms with Gasteiger partial charge >= 0.3 is 0 Å². The van der Waals surface area contributed by atoms with Gasteiger partial charge in [-0.15, -0.1) is 0 Å². The van der Waals surface area contributed by atoms with Gasteiger partial charge in [-0.3, -0.25) is 9.69 Å². The van der Waals surface area contributed by atoms with E-state index in [1.807, 2.05) is 20.8 Å². The minimum atomic E-state index is -2.75. The molecule has 1 aromatic rings. The van der Waals surface area contributed by atoms with Crippen molar-refractivity contribution in [1.29, 1.82) is 0 Å². The highest BCUT2D eigenvalue weighted by Crippen LogP contribution is 2.43. The molecule has 0 unspecified atom stereocenters. The van der Waals surface area contributed by atoms with Gasteiger partial charge in [0.15, 0.2) is 11.5 Å². The molecule has 0 aliphatic carbocycles. The van der Waals surface area contributed by atoms with Gasteiger partial charge in [0.1, 0.15) is 5.78 Å². The highest BCUT2D eigenvalue weighted by Gasteiger charge is 2.39. The van der Waals surface area contributed by atoms with E-state index in [0.29, 0.717) is 12.0 Å². The second kappa shape index (κ2) is 6.40. The maximum Gasteiger partial charge on any atom is 0.161 e. The van der Waals surface area contributed by atoms with E-state index in [2.05, 4.69) is 0 Å². The summed E-state index contributed by atoms with van der Waals surface area (Å²) < 4.78 is 67.0. The van der Waals surface area contributed by atoms with Crippen molar-refractivity contribution >= 4 is 5.78 Å². The molecule has 2 aliphatic heterocycles. The molecule has 4 nitrogen and oxygen atoms in total. The van der Waals surface area contributed by atoms with Gasteiger partial charge in [-0.2, -0.15) is 0 Å². The van der Waals surface area contributed by atoms with Gasteiger partial charge in [0.25, 0.3) is 0 Å². The predicted octanol–water partition coefficient (Wildman–Crippen LogP) is 3.63. The molecule has 1 fully saturated rings. The van der Waals surface area contributed by atoms with Crippen LogP contribution in [0.3, 0.4) is 0 Å². The lowest BCUT2D eigenvalue weighted by Gasteiger charge is -2.44. The van der Waals surface area contributed by atoms with Gasteiger partial charge in [0.2, 0.25) is 0 Å². The molecule has 0 radical (unpaired) electrons. The molecule has 3 rings (SSSR count). The first kappa shape index (κ1) is 10.4. The van der Waals surface area contributed by atoms with E-state index in [1.165, 1.54) is 24.1 Å². The van der Waals surface area contributed by atoms with Gasteiger partial charge < -0.3 is 9.47 Å². The SMILES string of the molecule is [2H]C([2H])([2H])Oc1cc2c(cc1OC)C([2H])([2H])C([2H])([2H])N1C[C@H](CC(C)(C)C)C(=O)C[C@@H]21. The van der Waals surface area contributed by atoms with Gasteiger partial charge in [0, 0.05) is 36.9 Å². The molecule has 0 saturated carbocycles. The standard InChI is InChI=1S/C20H29NO3/c1-20(2,3)11-14-12-21-7-6-13-8-18(23-4)19(24-5)9-15(13)16(21)10-17(14)22/h8-9,14,16H,6-7,10-12H2,1-5H3/t14-,16-/m0/s1/i5D3,6D2,7D2. The lowest BCUT2D eigenvalue weighted by molar-refractivity contribution is -0.130. The van der Waals surface area contributed by atoms with Gasteiger partial charge in [-0.1, -0.05) is 20.8 Å². The van der Waals surface area contributed by atoms with Crippen LogP contribution < -0.4 is 9.47 Å². The Kier molecular flexibility index (Phi) is 2.78. The van der Waals surface area contributed by atoms with E-state index in [-0.39, 0.29) is 41.2 Å². The Morgan fingerprint density at radius 1 is 1.33 bits per heavy atom. The smallest absolute Gasteiger partial charge is 0.161 e. The van der Waals surface area contributed by atoms with Crippen LogP contribution >= 0.6 is 0 Å². The summed E-state index contributed by atoms with van der Waals surface area (Å²) in [6.45, 7) is 3.75. The summed E-state index contributed by atoms with van der Waals surface area (Å²) in [5.41, 5.74) is 0.249. The molecule has 24 heavy (non-hydrogen) atoms. The Hall–Kier alpha value is -1.55. The second-order valence-electron chi connectivity index (χ2n) is 7.73. The van der Waals surface area contributed by atoms with Crippen LogP contribution in [0.5, 0.6) is 11.5 Å². The zero-order chi connectivity index (χ0) is 23.6. The number of carbonyl (C=O) groups excluding carboxylic acids is 1. The lowest BCUT2D eigenvalue weighted by Crippen LogP contribution is -2.47. The average Bonchev–Trinajstić information content (AvgIpc) is 2.59. The first-order valence-corrected chi connectivity index (χ1v) is 8.19. The molecule has 4 heteroatoms. The van der Waals surface area contributed by atoms with Crippen molar-refractivity contribution in [2.75, 3.05) is 27.2 Å². The van der Waals surface area contributed by atoms with Crippen molar-refractivity contribution in [3.05, 3.63) is 23.3 Å². The maximum absolute atomic E-state index is 13.0. The number of ketones is 1. The lowest BCUT2D eigenvalue weighted by atomic mass is 9.76. The number of aryl methyl sites for hydroxylation is 1. The van der Waals surface area contributed by atoms with Crippen LogP contribution in [0.15, 0.2) is 12.1 Å². The van der Waals surface area contributed by atoms with E-state index in [4.69, 9.17) is 19.1 Å². The minimum absolute atomic E-state index is 0.00394. The molecular weight excluding hydrogens is 302 g/mol. The number of hydrogen-bond acceptors (Lipinski definition) is 4. The molecule has 2 atom stereocenters. The highest BCUT2D eigenvalue weighted by molar-refractivity contribution is 5.83. The minimum Gasteiger partial charge on any atom is -0.493 e. The monoisotopic (exact) mass is 338 g/mol. The molecular formula is C20H29NO3. The van der Waals surface area contributed by atoms with E-state index in [0.717, 1.165) is 0 Å². The summed E-state index contributed by atoms with van der Waals surface area (Å²) in [5.74, 6) is -0.506. The topological polar surface area (TPSA) is 38.8 Å². The molecule has 0 spiro atoms. The van der Waals surface area contributed by atoms with Gasteiger partial charge in [0.05, 0.1) is 18.3 Å². The molecule has 0 N–H and O–H groups in total. The Labute approximate surface area is 155 Å². The van der Waals surface area contributed by atoms with Crippen molar-refractivity contribution in [2.24, 2.45) is 11.3 Å². The zero-order valence-electron chi connectivity index (χ0n) is 21.6. The molecule has 0 aromatic heterocycles. The van der Waals surface area contributed by atoms with Crippen LogP contribution in [0.2, 0.25) is 0 Å². The Morgan fingerprint density at radius 2 is 2.08 bits per heavy atom. The fraction of sp³-hybridized carbons (Fsp3) is 0.650. The van der Waals surface area contributed by atoms with Crippen LogP contribution in [0.4, 0.5) is 0 Å². The molecule has 2 heterocycles. The fourth-order valence-corrected chi connectivity index (χ4v) is 3.58. The molecule has 132 valence electrons. The number of carbonyl (C=O) groups is 1. The summed E-state index contributed by atoms with van der Waals surface area (Å²) in [6, 6.07) is 1.95. The maximum atomic E-state index is 13.0. The first-order valence-electron chi connectivity index (χ1n) is 11.7. The Balaban J connectivity index is 2.14. The van der Waals surface area contributed by atoms with Gasteiger partial charge in [-0.25, -0.2) is 0 Å². The molecule has 0 amide bonds. The van der Waals surface area contributed by atoms with Crippen molar-refractivity contribution in [2.45, 2.75) is 46.0 Å². The second-order valence-corrected chi connectivity index (χ2v) is 7.73. The quantitative estimate of drug-likeness (QED) is 0.844. The zero-order valence-corrected chi connectivity index (χ0v) is 14.6.